The van der Waals surface area contributed by atoms with Crippen molar-refractivity contribution in [3.63, 3.8) is 0 Å². The molecule has 110 valence electrons. The van der Waals surface area contributed by atoms with Crippen molar-refractivity contribution >= 4 is 33.6 Å². The molecule has 2 aromatic heterocycles. The van der Waals surface area contributed by atoms with E-state index >= 15 is 0 Å². The third-order valence-electron chi connectivity index (χ3n) is 3.44. The van der Waals surface area contributed by atoms with Crippen molar-refractivity contribution in [2.24, 2.45) is 0 Å². The van der Waals surface area contributed by atoms with Crippen molar-refractivity contribution in [1.82, 2.24) is 14.5 Å². The van der Waals surface area contributed by atoms with Crippen molar-refractivity contribution < 1.29 is 4.21 Å². The SMILES string of the molecule is Cc1ccc2nc(C(C)Cl)n(CCC(C)S(C)=O)c2n1. The van der Waals surface area contributed by atoms with E-state index in [9.17, 15) is 4.21 Å². The van der Waals surface area contributed by atoms with Crippen LogP contribution in [0.4, 0.5) is 0 Å². The summed E-state index contributed by atoms with van der Waals surface area (Å²) in [5, 5.41) is -0.0253. The summed E-state index contributed by atoms with van der Waals surface area (Å²) in [5.41, 5.74) is 2.68. The Morgan fingerprint density at radius 3 is 2.65 bits per heavy atom. The Bertz CT molecular complexity index is 639. The summed E-state index contributed by atoms with van der Waals surface area (Å²) in [4.78, 5) is 9.14. The Morgan fingerprint density at radius 2 is 2.05 bits per heavy atom. The predicted molar refractivity (Wildman–Crippen MR) is 84.7 cm³/mol. The number of pyridine rings is 1. The molecule has 3 atom stereocenters. The van der Waals surface area contributed by atoms with Gasteiger partial charge in [0.05, 0.1) is 5.38 Å². The van der Waals surface area contributed by atoms with Crippen molar-refractivity contribution in [1.29, 1.82) is 0 Å². The predicted octanol–water partition coefficient (Wildman–Crippen LogP) is 3.20. The number of aromatic nitrogens is 3. The van der Waals surface area contributed by atoms with Crippen LogP contribution in [0.25, 0.3) is 11.2 Å². The highest BCUT2D eigenvalue weighted by Gasteiger charge is 2.17. The lowest BCUT2D eigenvalue weighted by molar-refractivity contribution is 0.605. The number of alkyl halides is 1. The van der Waals surface area contributed by atoms with Gasteiger partial charge < -0.3 is 4.57 Å². The first-order valence-electron chi connectivity index (χ1n) is 6.70. The van der Waals surface area contributed by atoms with Gasteiger partial charge in [-0.3, -0.25) is 4.21 Å². The van der Waals surface area contributed by atoms with Gasteiger partial charge in [-0.05, 0) is 32.4 Å². The molecule has 0 aromatic carbocycles. The zero-order valence-electron chi connectivity index (χ0n) is 12.3. The maximum atomic E-state index is 11.5. The second-order valence-corrected chi connectivity index (χ2v) is 7.59. The molecule has 0 aliphatic carbocycles. The van der Waals surface area contributed by atoms with Gasteiger partial charge in [-0.2, -0.15) is 0 Å². The van der Waals surface area contributed by atoms with Crippen molar-refractivity contribution in [2.75, 3.05) is 6.26 Å². The molecule has 0 spiro atoms. The zero-order valence-corrected chi connectivity index (χ0v) is 13.8. The Morgan fingerprint density at radius 1 is 1.35 bits per heavy atom. The molecule has 3 unspecified atom stereocenters. The normalized spacial score (nSPS) is 16.2. The lowest BCUT2D eigenvalue weighted by Crippen LogP contribution is -2.14. The first-order valence-corrected chi connectivity index (χ1v) is 8.76. The molecule has 0 aliphatic heterocycles. The van der Waals surface area contributed by atoms with Crippen LogP contribution in [0.2, 0.25) is 0 Å². The van der Waals surface area contributed by atoms with Crippen molar-refractivity contribution in [3.8, 4) is 0 Å². The van der Waals surface area contributed by atoms with Gasteiger partial charge in [0, 0.05) is 34.5 Å². The zero-order chi connectivity index (χ0) is 14.9. The summed E-state index contributed by atoms with van der Waals surface area (Å²) in [7, 11) is -0.814. The van der Waals surface area contributed by atoms with E-state index in [0.29, 0.717) is 0 Å². The summed E-state index contributed by atoms with van der Waals surface area (Å²) in [6, 6.07) is 3.92. The first kappa shape index (κ1) is 15.4. The van der Waals surface area contributed by atoms with Gasteiger partial charge in [0.25, 0.3) is 0 Å². The van der Waals surface area contributed by atoms with E-state index < -0.39 is 10.8 Å². The average molecular weight is 314 g/mol. The Labute approximate surface area is 127 Å². The minimum atomic E-state index is -0.814. The number of rotatable bonds is 5. The van der Waals surface area contributed by atoms with Crippen LogP contribution in [-0.4, -0.2) is 30.2 Å². The van der Waals surface area contributed by atoms with E-state index in [2.05, 4.69) is 14.5 Å². The smallest absolute Gasteiger partial charge is 0.160 e. The monoisotopic (exact) mass is 313 g/mol. The van der Waals surface area contributed by atoms with Crippen LogP contribution in [-0.2, 0) is 17.3 Å². The summed E-state index contributed by atoms with van der Waals surface area (Å²) >= 11 is 6.23. The minimum absolute atomic E-state index is 0.149. The van der Waals surface area contributed by atoms with E-state index in [1.807, 2.05) is 32.9 Å². The first-order chi connectivity index (χ1) is 9.40. The van der Waals surface area contributed by atoms with Crippen molar-refractivity contribution in [3.05, 3.63) is 23.7 Å². The molecule has 0 fully saturated rings. The number of hydrogen-bond acceptors (Lipinski definition) is 3. The molecule has 0 bridgehead atoms. The van der Waals surface area contributed by atoms with E-state index in [1.165, 1.54) is 0 Å². The third-order valence-corrected chi connectivity index (χ3v) is 5.01. The van der Waals surface area contributed by atoms with Gasteiger partial charge in [0.1, 0.15) is 11.3 Å². The average Bonchev–Trinajstić information content (AvgIpc) is 2.73. The largest absolute Gasteiger partial charge is 0.311 e. The number of halogens is 1. The van der Waals surface area contributed by atoms with Gasteiger partial charge in [-0.25, -0.2) is 9.97 Å². The van der Waals surface area contributed by atoms with Gasteiger partial charge >= 0.3 is 0 Å². The highest BCUT2D eigenvalue weighted by molar-refractivity contribution is 7.84. The number of imidazole rings is 1. The second-order valence-electron chi connectivity index (χ2n) is 5.13. The molecule has 0 saturated heterocycles. The lowest BCUT2D eigenvalue weighted by atomic mass is 10.3. The molecule has 0 saturated carbocycles. The maximum absolute atomic E-state index is 11.5. The number of hydrogen-bond donors (Lipinski definition) is 0. The van der Waals surface area contributed by atoms with Gasteiger partial charge in [0.15, 0.2) is 5.65 Å². The molecule has 0 N–H and O–H groups in total. The van der Waals surface area contributed by atoms with Crippen LogP contribution in [0, 0.1) is 6.92 Å². The lowest BCUT2D eigenvalue weighted by Gasteiger charge is -2.12. The van der Waals surface area contributed by atoms with Crippen molar-refractivity contribution in [2.45, 2.75) is 44.4 Å². The van der Waals surface area contributed by atoms with E-state index in [1.54, 1.807) is 6.26 Å². The van der Waals surface area contributed by atoms with Crippen LogP contribution in [0.1, 0.15) is 37.2 Å². The molecule has 2 heterocycles. The van der Waals surface area contributed by atoms with Gasteiger partial charge in [0.2, 0.25) is 0 Å². The number of aryl methyl sites for hydroxylation is 2. The number of fused-ring (bicyclic) bond motifs is 1. The fraction of sp³-hybridized carbons (Fsp3) is 0.571. The Kier molecular flexibility index (Phi) is 4.81. The fourth-order valence-electron chi connectivity index (χ4n) is 2.11. The second kappa shape index (κ2) is 6.22. The molecule has 0 amide bonds. The highest BCUT2D eigenvalue weighted by Crippen LogP contribution is 2.24. The van der Waals surface area contributed by atoms with Crippen LogP contribution >= 0.6 is 11.6 Å². The van der Waals surface area contributed by atoms with Crippen LogP contribution < -0.4 is 0 Å². The fourth-order valence-corrected chi connectivity index (χ4v) is 2.72. The van der Waals surface area contributed by atoms with Crippen LogP contribution in [0.5, 0.6) is 0 Å². The maximum Gasteiger partial charge on any atom is 0.160 e. The molecular weight excluding hydrogens is 294 g/mol. The molecule has 6 heteroatoms. The highest BCUT2D eigenvalue weighted by atomic mass is 35.5. The van der Waals surface area contributed by atoms with Gasteiger partial charge in [-0.1, -0.05) is 6.92 Å². The minimum Gasteiger partial charge on any atom is -0.311 e. The molecule has 4 nitrogen and oxygen atoms in total. The standard InChI is InChI=1S/C14H20ClN3OS/c1-9-5-6-12-14(16-9)18(13(17-12)11(3)15)8-7-10(2)20(4)19/h5-6,10-11H,7-8H2,1-4H3. The summed E-state index contributed by atoms with van der Waals surface area (Å²) in [5.74, 6) is 0.828. The quantitative estimate of drug-likeness (QED) is 0.796. The van der Waals surface area contributed by atoms with Crippen LogP contribution in [0.15, 0.2) is 12.1 Å². The van der Waals surface area contributed by atoms with E-state index in [-0.39, 0.29) is 10.6 Å². The summed E-state index contributed by atoms with van der Waals surface area (Å²) in [6.07, 6.45) is 2.56. The molecule has 0 aliphatic rings. The molecule has 2 rings (SSSR count). The van der Waals surface area contributed by atoms with E-state index in [0.717, 1.165) is 35.6 Å². The molecule has 0 radical (unpaired) electrons. The Hall–Kier alpha value is -0.940. The Balaban J connectivity index is 2.40. The third kappa shape index (κ3) is 3.20. The molecular formula is C14H20ClN3OS. The summed E-state index contributed by atoms with van der Waals surface area (Å²) < 4.78 is 13.5. The van der Waals surface area contributed by atoms with Gasteiger partial charge in [-0.15, -0.1) is 11.6 Å². The summed E-state index contributed by atoms with van der Waals surface area (Å²) in [6.45, 7) is 6.61. The topological polar surface area (TPSA) is 47.8 Å². The van der Waals surface area contributed by atoms with E-state index in [4.69, 9.17) is 11.6 Å². The van der Waals surface area contributed by atoms with Crippen LogP contribution in [0.3, 0.4) is 0 Å². The number of nitrogens with zero attached hydrogens (tertiary/aromatic N) is 3. The molecule has 20 heavy (non-hydrogen) atoms. The molecule has 2 aromatic rings.